The van der Waals surface area contributed by atoms with Gasteiger partial charge in [-0.3, -0.25) is 0 Å². The highest BCUT2D eigenvalue weighted by Crippen LogP contribution is 2.43. The Balaban J connectivity index is 2.02. The third-order valence-corrected chi connectivity index (χ3v) is 18.1. The van der Waals surface area contributed by atoms with Gasteiger partial charge in [0.05, 0.1) is 12.2 Å². The standard InChI is InChI=1S/C17H40O4Si4/c1-22(2,3)19-24(7,8)21-25(9,20-23(4,5)6)14-13-15-11-10-12-16-17(15)18-16/h15-17H,10-14H2,1-9H3. The molecule has 0 amide bonds. The van der Waals surface area contributed by atoms with Crippen molar-refractivity contribution in [2.24, 2.45) is 5.92 Å². The van der Waals surface area contributed by atoms with E-state index in [9.17, 15) is 0 Å². The van der Waals surface area contributed by atoms with Crippen molar-refractivity contribution in [3.05, 3.63) is 0 Å². The van der Waals surface area contributed by atoms with E-state index in [0.717, 1.165) is 6.04 Å². The second kappa shape index (κ2) is 7.61. The zero-order chi connectivity index (χ0) is 19.1. The molecule has 1 heterocycles. The number of rotatable bonds is 9. The molecule has 4 unspecified atom stereocenters. The molecule has 0 spiro atoms. The van der Waals surface area contributed by atoms with Gasteiger partial charge in [0.25, 0.3) is 0 Å². The smallest absolute Gasteiger partial charge is 0.315 e. The molecule has 2 fully saturated rings. The fourth-order valence-corrected chi connectivity index (χ4v) is 22.4. The topological polar surface area (TPSA) is 40.2 Å². The van der Waals surface area contributed by atoms with Crippen molar-refractivity contribution in [1.82, 2.24) is 0 Å². The minimum atomic E-state index is -2.25. The number of ether oxygens (including phenoxy) is 1. The van der Waals surface area contributed by atoms with Gasteiger partial charge < -0.3 is 17.1 Å². The number of epoxide rings is 1. The second-order valence-corrected chi connectivity index (χ2v) is 26.9. The monoisotopic (exact) mass is 420 g/mol. The first kappa shape index (κ1) is 22.0. The van der Waals surface area contributed by atoms with E-state index >= 15 is 0 Å². The van der Waals surface area contributed by atoms with Gasteiger partial charge in [-0.15, -0.1) is 0 Å². The van der Waals surface area contributed by atoms with Gasteiger partial charge in [0.2, 0.25) is 0 Å². The Labute approximate surface area is 159 Å². The van der Waals surface area contributed by atoms with Crippen LogP contribution in [0.15, 0.2) is 0 Å². The van der Waals surface area contributed by atoms with Crippen LogP contribution in [0.1, 0.15) is 25.7 Å². The maximum absolute atomic E-state index is 6.78. The summed E-state index contributed by atoms with van der Waals surface area (Å²) in [5.41, 5.74) is 0. The van der Waals surface area contributed by atoms with Gasteiger partial charge in [-0.1, -0.05) is 6.42 Å². The maximum atomic E-state index is 6.78. The molecule has 0 radical (unpaired) electrons. The lowest BCUT2D eigenvalue weighted by molar-refractivity contribution is 0.294. The first-order chi connectivity index (χ1) is 11.2. The number of hydrogen-bond acceptors (Lipinski definition) is 4. The molecule has 0 aromatic rings. The van der Waals surface area contributed by atoms with Gasteiger partial charge in [0.15, 0.2) is 16.6 Å². The highest BCUT2D eigenvalue weighted by molar-refractivity contribution is 6.89. The highest BCUT2D eigenvalue weighted by Gasteiger charge is 2.49. The largest absolute Gasteiger partial charge is 0.437 e. The number of hydrogen-bond donors (Lipinski definition) is 0. The van der Waals surface area contributed by atoms with E-state index in [4.69, 9.17) is 17.1 Å². The summed E-state index contributed by atoms with van der Waals surface area (Å²) in [6.45, 7) is 20.2. The van der Waals surface area contributed by atoms with Crippen LogP contribution < -0.4 is 0 Å². The zero-order valence-corrected chi connectivity index (χ0v) is 21.9. The molecule has 4 atom stereocenters. The van der Waals surface area contributed by atoms with E-state index in [-0.39, 0.29) is 0 Å². The van der Waals surface area contributed by atoms with Crippen molar-refractivity contribution in [3.63, 3.8) is 0 Å². The fraction of sp³-hybridized carbons (Fsp3) is 1.00. The van der Waals surface area contributed by atoms with E-state index in [0.29, 0.717) is 18.1 Å². The highest BCUT2D eigenvalue weighted by atomic mass is 28.5. The van der Waals surface area contributed by atoms with E-state index in [1.54, 1.807) is 0 Å². The Morgan fingerprint density at radius 1 is 0.800 bits per heavy atom. The Kier molecular flexibility index (Phi) is 6.70. The average Bonchev–Trinajstić information content (AvgIpc) is 3.09. The van der Waals surface area contributed by atoms with Crippen molar-refractivity contribution in [1.29, 1.82) is 0 Å². The molecule has 2 rings (SSSR count). The molecule has 1 aliphatic heterocycles. The predicted octanol–water partition coefficient (Wildman–Crippen LogP) is 5.44. The van der Waals surface area contributed by atoms with Crippen molar-refractivity contribution < 1.29 is 17.1 Å². The first-order valence-electron chi connectivity index (χ1n) is 9.94. The molecule has 0 N–H and O–H groups in total. The lowest BCUT2D eigenvalue weighted by Gasteiger charge is -2.41. The molecule has 1 aliphatic carbocycles. The van der Waals surface area contributed by atoms with Gasteiger partial charge in [-0.05, 0) is 90.1 Å². The Bertz CT molecular complexity index is 461. The molecule has 1 saturated heterocycles. The normalized spacial score (nSPS) is 29.9. The maximum Gasteiger partial charge on any atom is 0.315 e. The van der Waals surface area contributed by atoms with Crippen LogP contribution in [0.3, 0.4) is 0 Å². The van der Waals surface area contributed by atoms with Crippen LogP contribution in [0.2, 0.25) is 65.0 Å². The van der Waals surface area contributed by atoms with Crippen LogP contribution in [0, 0.1) is 5.92 Å². The molecule has 0 aromatic carbocycles. The third-order valence-electron chi connectivity index (χ3n) is 4.65. The minimum Gasteiger partial charge on any atom is -0.437 e. The molecule has 4 nitrogen and oxygen atoms in total. The summed E-state index contributed by atoms with van der Waals surface area (Å²) in [7, 11) is -7.70. The summed E-state index contributed by atoms with van der Waals surface area (Å²) in [5, 5.41) is 0. The van der Waals surface area contributed by atoms with E-state index in [2.05, 4.69) is 58.9 Å². The van der Waals surface area contributed by atoms with Crippen molar-refractivity contribution in [2.75, 3.05) is 0 Å². The summed E-state index contributed by atoms with van der Waals surface area (Å²) in [5.74, 6) is 0.710. The van der Waals surface area contributed by atoms with Crippen molar-refractivity contribution in [2.45, 2.75) is 103 Å². The molecule has 0 bridgehead atoms. The van der Waals surface area contributed by atoms with Crippen LogP contribution in [0.5, 0.6) is 0 Å². The van der Waals surface area contributed by atoms with Gasteiger partial charge >= 0.3 is 17.1 Å². The van der Waals surface area contributed by atoms with Crippen molar-refractivity contribution >= 4 is 33.8 Å². The minimum absolute atomic E-state index is 0.530. The van der Waals surface area contributed by atoms with E-state index in [1.807, 2.05) is 0 Å². The van der Waals surface area contributed by atoms with Gasteiger partial charge in [0, 0.05) is 0 Å². The van der Waals surface area contributed by atoms with Crippen LogP contribution in [0.25, 0.3) is 0 Å². The molecule has 148 valence electrons. The van der Waals surface area contributed by atoms with Gasteiger partial charge in [-0.25, -0.2) is 0 Å². The summed E-state index contributed by atoms with van der Waals surface area (Å²) in [6, 6.07) is 1.07. The van der Waals surface area contributed by atoms with Crippen molar-refractivity contribution in [3.8, 4) is 0 Å². The van der Waals surface area contributed by atoms with Gasteiger partial charge in [-0.2, -0.15) is 0 Å². The second-order valence-electron chi connectivity index (χ2n) is 10.4. The lowest BCUT2D eigenvalue weighted by atomic mass is 9.87. The Morgan fingerprint density at radius 3 is 1.96 bits per heavy atom. The predicted molar refractivity (Wildman–Crippen MR) is 114 cm³/mol. The Hall–Kier alpha value is 0.708. The molecule has 2 aliphatic rings. The molecule has 25 heavy (non-hydrogen) atoms. The molecule has 1 saturated carbocycles. The van der Waals surface area contributed by atoms with Gasteiger partial charge in [0.1, 0.15) is 0 Å². The van der Waals surface area contributed by atoms with Crippen LogP contribution in [-0.4, -0.2) is 46.0 Å². The summed E-state index contributed by atoms with van der Waals surface area (Å²) >= 11 is 0. The summed E-state index contributed by atoms with van der Waals surface area (Å²) in [4.78, 5) is 0. The Morgan fingerprint density at radius 2 is 1.40 bits per heavy atom. The third kappa shape index (κ3) is 7.69. The van der Waals surface area contributed by atoms with E-state index < -0.39 is 33.8 Å². The quantitative estimate of drug-likeness (QED) is 0.368. The SMILES string of the molecule is C[Si](C)(C)O[Si](C)(C)O[Si](C)(CCC1CCCC2OC12)O[Si](C)(C)C. The number of fused-ring (bicyclic) bond motifs is 1. The zero-order valence-electron chi connectivity index (χ0n) is 17.9. The summed E-state index contributed by atoms with van der Waals surface area (Å²) in [6.07, 6.45) is 6.17. The van der Waals surface area contributed by atoms with E-state index in [1.165, 1.54) is 25.7 Å². The van der Waals surface area contributed by atoms with Crippen LogP contribution >= 0.6 is 0 Å². The molecule has 0 aromatic heterocycles. The molecule has 8 heteroatoms. The molecular formula is C17H40O4Si4. The lowest BCUT2D eigenvalue weighted by Crippen LogP contribution is -2.57. The molecular weight excluding hydrogens is 381 g/mol. The fourth-order valence-electron chi connectivity index (χ4n) is 4.35. The summed E-state index contributed by atoms with van der Waals surface area (Å²) < 4.78 is 25.8. The van der Waals surface area contributed by atoms with Crippen LogP contribution in [0.4, 0.5) is 0 Å². The average molecular weight is 421 g/mol. The first-order valence-corrected chi connectivity index (χ1v) is 22.1. The van der Waals surface area contributed by atoms with Crippen LogP contribution in [-0.2, 0) is 17.1 Å².